The van der Waals surface area contributed by atoms with Gasteiger partial charge in [-0.15, -0.1) is 0 Å². The van der Waals surface area contributed by atoms with Crippen molar-refractivity contribution in [1.29, 1.82) is 0 Å². The summed E-state index contributed by atoms with van der Waals surface area (Å²) in [5.74, 6) is -0.833. The molecule has 152 valence electrons. The Kier molecular flexibility index (Phi) is 27.4. The van der Waals surface area contributed by atoms with Gasteiger partial charge in [-0.3, -0.25) is 4.79 Å². The van der Waals surface area contributed by atoms with E-state index >= 15 is 0 Å². The molecule has 0 aliphatic heterocycles. The first-order valence-electron chi connectivity index (χ1n) is 11.0. The zero-order valence-corrected chi connectivity index (χ0v) is 17.6. The second-order valence-corrected chi connectivity index (χ2v) is 7.18. The third kappa shape index (κ3) is 35.4. The number of nitrogens with one attached hydrogen (secondary N) is 1. The lowest BCUT2D eigenvalue weighted by Crippen LogP contribution is -2.13. The molecule has 0 aromatic rings. The van der Waals surface area contributed by atoms with Gasteiger partial charge in [0.05, 0.1) is 0 Å². The van der Waals surface area contributed by atoms with Gasteiger partial charge in [0.25, 0.3) is 5.97 Å². The van der Waals surface area contributed by atoms with Crippen molar-refractivity contribution < 1.29 is 9.90 Å². The standard InChI is InChI=1S/C20H43N.C2H4O2/c1-3-5-6-7-8-9-10-11-12-13-14-15-16-17-18-19-20-21-4-2;1-2(3)4/h21H,3-20H2,1-2H3;1H3,(H,3,4). The van der Waals surface area contributed by atoms with Crippen LogP contribution in [0, 0.1) is 0 Å². The number of aliphatic carboxylic acids is 1. The SMILES string of the molecule is CC(=O)O.CCCCCCCCCCCCCCCCCCNCC. The first-order chi connectivity index (χ1) is 12.1. The summed E-state index contributed by atoms with van der Waals surface area (Å²) in [5.41, 5.74) is 0. The highest BCUT2D eigenvalue weighted by Crippen LogP contribution is 2.13. The van der Waals surface area contributed by atoms with Crippen LogP contribution in [0.5, 0.6) is 0 Å². The van der Waals surface area contributed by atoms with Gasteiger partial charge in [0.15, 0.2) is 0 Å². The summed E-state index contributed by atoms with van der Waals surface area (Å²) in [5, 5.41) is 10.8. The first kappa shape index (κ1) is 26.7. The third-order valence-corrected chi connectivity index (χ3v) is 4.46. The van der Waals surface area contributed by atoms with E-state index in [0.29, 0.717) is 0 Å². The number of carboxylic acids is 1. The minimum Gasteiger partial charge on any atom is -0.481 e. The molecule has 0 atom stereocenters. The maximum Gasteiger partial charge on any atom is 0.300 e. The van der Waals surface area contributed by atoms with Crippen molar-refractivity contribution in [3.05, 3.63) is 0 Å². The van der Waals surface area contributed by atoms with Gasteiger partial charge in [0.2, 0.25) is 0 Å². The van der Waals surface area contributed by atoms with Crippen LogP contribution in [-0.2, 0) is 4.79 Å². The lowest BCUT2D eigenvalue weighted by atomic mass is 10.0. The first-order valence-corrected chi connectivity index (χ1v) is 11.0. The van der Waals surface area contributed by atoms with Crippen LogP contribution in [0.25, 0.3) is 0 Å². The maximum atomic E-state index is 9.00. The van der Waals surface area contributed by atoms with Crippen molar-refractivity contribution in [2.45, 2.75) is 124 Å². The Balaban J connectivity index is 0. The Labute approximate surface area is 158 Å². The molecule has 25 heavy (non-hydrogen) atoms. The van der Waals surface area contributed by atoms with Gasteiger partial charge < -0.3 is 10.4 Å². The van der Waals surface area contributed by atoms with Crippen molar-refractivity contribution in [2.24, 2.45) is 0 Å². The van der Waals surface area contributed by atoms with Crippen LogP contribution in [0.1, 0.15) is 124 Å². The molecule has 0 aromatic carbocycles. The smallest absolute Gasteiger partial charge is 0.300 e. The Morgan fingerprint density at radius 2 is 0.920 bits per heavy atom. The van der Waals surface area contributed by atoms with E-state index in [2.05, 4.69) is 19.2 Å². The monoisotopic (exact) mass is 357 g/mol. The number of carbonyl (C=O) groups is 1. The van der Waals surface area contributed by atoms with Crippen LogP contribution in [0.15, 0.2) is 0 Å². The molecule has 3 nitrogen and oxygen atoms in total. The molecule has 0 aromatic heterocycles. The summed E-state index contributed by atoms with van der Waals surface area (Å²) < 4.78 is 0. The Bertz CT molecular complexity index is 222. The van der Waals surface area contributed by atoms with Crippen LogP contribution in [0.3, 0.4) is 0 Å². The lowest BCUT2D eigenvalue weighted by Gasteiger charge is -2.04. The molecule has 2 N–H and O–H groups in total. The van der Waals surface area contributed by atoms with E-state index in [-0.39, 0.29) is 0 Å². The number of unbranched alkanes of at least 4 members (excludes halogenated alkanes) is 15. The van der Waals surface area contributed by atoms with E-state index < -0.39 is 5.97 Å². The van der Waals surface area contributed by atoms with E-state index in [1.807, 2.05) is 0 Å². The molecule has 0 heterocycles. The molecule has 0 saturated carbocycles. The van der Waals surface area contributed by atoms with Gasteiger partial charge in [-0.2, -0.15) is 0 Å². The summed E-state index contributed by atoms with van der Waals surface area (Å²) in [6.45, 7) is 7.91. The minimum absolute atomic E-state index is 0.833. The fourth-order valence-electron chi connectivity index (χ4n) is 2.97. The molecular formula is C22H47NO2. The van der Waals surface area contributed by atoms with Gasteiger partial charge >= 0.3 is 0 Å². The van der Waals surface area contributed by atoms with E-state index in [1.165, 1.54) is 109 Å². The summed E-state index contributed by atoms with van der Waals surface area (Å²) in [6.07, 6.45) is 23.3. The number of carboxylic acid groups (broad SMARTS) is 1. The van der Waals surface area contributed by atoms with E-state index in [0.717, 1.165) is 13.5 Å². The minimum atomic E-state index is -0.833. The predicted octanol–water partition coefficient (Wildman–Crippen LogP) is 6.95. The quantitative estimate of drug-likeness (QED) is 0.261. The predicted molar refractivity (Wildman–Crippen MR) is 111 cm³/mol. The van der Waals surface area contributed by atoms with Crippen molar-refractivity contribution in [1.82, 2.24) is 5.32 Å². The summed E-state index contributed by atoms with van der Waals surface area (Å²) >= 11 is 0. The average molecular weight is 358 g/mol. The van der Waals surface area contributed by atoms with Gasteiger partial charge in [0, 0.05) is 6.92 Å². The lowest BCUT2D eigenvalue weighted by molar-refractivity contribution is -0.134. The third-order valence-electron chi connectivity index (χ3n) is 4.46. The highest BCUT2D eigenvalue weighted by atomic mass is 16.4. The maximum absolute atomic E-state index is 9.00. The molecule has 0 radical (unpaired) electrons. The number of rotatable bonds is 18. The highest BCUT2D eigenvalue weighted by Gasteiger charge is 1.94. The van der Waals surface area contributed by atoms with Crippen LogP contribution in [0.4, 0.5) is 0 Å². The fourth-order valence-corrected chi connectivity index (χ4v) is 2.97. The van der Waals surface area contributed by atoms with Gasteiger partial charge in [0.1, 0.15) is 0 Å². The van der Waals surface area contributed by atoms with E-state index in [9.17, 15) is 0 Å². The van der Waals surface area contributed by atoms with Crippen molar-refractivity contribution in [2.75, 3.05) is 13.1 Å². The fraction of sp³-hybridized carbons (Fsp3) is 0.955. The molecule has 0 fully saturated rings. The van der Waals surface area contributed by atoms with Gasteiger partial charge in [-0.1, -0.05) is 110 Å². The second-order valence-electron chi connectivity index (χ2n) is 7.18. The molecule has 0 aliphatic rings. The normalized spacial score (nSPS) is 10.4. The van der Waals surface area contributed by atoms with Crippen molar-refractivity contribution >= 4 is 5.97 Å². The van der Waals surface area contributed by atoms with Crippen molar-refractivity contribution in [3.8, 4) is 0 Å². The Hall–Kier alpha value is -0.570. The van der Waals surface area contributed by atoms with E-state index in [4.69, 9.17) is 9.90 Å². The molecule has 0 saturated heterocycles. The summed E-state index contributed by atoms with van der Waals surface area (Å²) in [6, 6.07) is 0. The number of hydrogen-bond acceptors (Lipinski definition) is 2. The molecule has 0 rings (SSSR count). The van der Waals surface area contributed by atoms with Gasteiger partial charge in [-0.05, 0) is 19.5 Å². The topological polar surface area (TPSA) is 49.3 Å². The molecule has 0 bridgehead atoms. The highest BCUT2D eigenvalue weighted by molar-refractivity contribution is 5.62. The molecule has 0 unspecified atom stereocenters. The molecule has 0 spiro atoms. The van der Waals surface area contributed by atoms with Crippen LogP contribution in [-0.4, -0.2) is 24.2 Å². The second kappa shape index (κ2) is 25.7. The van der Waals surface area contributed by atoms with Crippen LogP contribution < -0.4 is 5.32 Å². The zero-order valence-electron chi connectivity index (χ0n) is 17.6. The molecule has 0 aliphatic carbocycles. The largest absolute Gasteiger partial charge is 0.481 e. The van der Waals surface area contributed by atoms with Crippen LogP contribution in [0.2, 0.25) is 0 Å². The Morgan fingerprint density at radius 1 is 0.640 bits per heavy atom. The van der Waals surface area contributed by atoms with Gasteiger partial charge in [-0.25, -0.2) is 0 Å². The molecule has 3 heteroatoms. The molecular weight excluding hydrogens is 310 g/mol. The zero-order chi connectivity index (χ0) is 19.0. The van der Waals surface area contributed by atoms with E-state index in [1.54, 1.807) is 0 Å². The summed E-state index contributed by atoms with van der Waals surface area (Å²) in [7, 11) is 0. The molecule has 0 amide bonds. The van der Waals surface area contributed by atoms with Crippen molar-refractivity contribution in [3.63, 3.8) is 0 Å². The van der Waals surface area contributed by atoms with Crippen LogP contribution >= 0.6 is 0 Å². The number of hydrogen-bond donors (Lipinski definition) is 2. The Morgan fingerprint density at radius 3 is 1.20 bits per heavy atom. The summed E-state index contributed by atoms with van der Waals surface area (Å²) in [4.78, 5) is 9.00. The average Bonchev–Trinajstić information content (AvgIpc) is 2.57.